The smallest absolute Gasteiger partial charge is 0.258 e. The van der Waals surface area contributed by atoms with Gasteiger partial charge in [-0.05, 0) is 172 Å². The van der Waals surface area contributed by atoms with E-state index < -0.39 is 0 Å². The summed E-state index contributed by atoms with van der Waals surface area (Å²) in [6.07, 6.45) is 20.7. The number of hydrogen-bond acceptors (Lipinski definition) is 27. The first kappa shape index (κ1) is 90.1. The number of ether oxygens (including phenoxy) is 4. The van der Waals surface area contributed by atoms with Gasteiger partial charge in [-0.3, -0.25) is 46.0 Å². The third-order valence-corrected chi connectivity index (χ3v) is 26.8. The summed E-state index contributed by atoms with van der Waals surface area (Å²) in [6, 6.07) is 50.8. The number of nitrogens with zero attached hydrogens (tertiary/aromatic N) is 20. The quantitative estimate of drug-likeness (QED) is 0.0589. The van der Waals surface area contributed by atoms with Crippen molar-refractivity contribution in [3.8, 4) is 79.3 Å². The first-order valence-electron chi connectivity index (χ1n) is 46.6. The maximum absolute atomic E-state index is 12.9. The van der Waals surface area contributed by atoms with Gasteiger partial charge in [0.15, 0.2) is 23.0 Å². The zero-order valence-electron chi connectivity index (χ0n) is 77.9. The van der Waals surface area contributed by atoms with Crippen LogP contribution in [-0.4, -0.2) is 228 Å². The highest BCUT2D eigenvalue weighted by Gasteiger charge is 2.36. The molecule has 6 saturated heterocycles. The van der Waals surface area contributed by atoms with Crippen molar-refractivity contribution < 1.29 is 18.9 Å². The third kappa shape index (κ3) is 18.9. The zero-order chi connectivity index (χ0) is 94.8. The van der Waals surface area contributed by atoms with Crippen LogP contribution in [0.3, 0.4) is 0 Å². The summed E-state index contributed by atoms with van der Waals surface area (Å²) in [5.41, 5.74) is 26.1. The second-order valence-corrected chi connectivity index (χ2v) is 35.4. The summed E-state index contributed by atoms with van der Waals surface area (Å²) < 4.78 is 33.4. The Labute approximate surface area is 792 Å². The lowest BCUT2D eigenvalue weighted by atomic mass is 10.0. The number of anilines is 5. The van der Waals surface area contributed by atoms with Crippen LogP contribution in [0, 0.1) is 25.7 Å². The average Bonchev–Trinajstić information content (AvgIpc) is 1.33. The molecule has 138 heavy (non-hydrogen) atoms. The molecule has 6 aliphatic rings. The van der Waals surface area contributed by atoms with Crippen LogP contribution in [0.5, 0.6) is 23.0 Å². The van der Waals surface area contributed by atoms with Gasteiger partial charge in [0, 0.05) is 267 Å². The van der Waals surface area contributed by atoms with Crippen LogP contribution in [-0.2, 0) is 7.05 Å². The first-order chi connectivity index (χ1) is 67.3. The van der Waals surface area contributed by atoms with E-state index in [1.807, 2.05) is 207 Å². The second-order valence-electron chi connectivity index (χ2n) is 35.4. The summed E-state index contributed by atoms with van der Waals surface area (Å²) in [5.74, 6) is 3.89. The number of aromatic amines is 1. The van der Waals surface area contributed by atoms with Crippen molar-refractivity contribution in [2.75, 3.05) is 171 Å². The maximum atomic E-state index is 12.9. The standard InChI is InChI=1S/C22H24N4O3.C21H22N6O.C21H24N4O3.C20H20N6O.C19H18N6O/c1-28-19-5-3-14(7-20(19)29-2)18-8-22(27)26-13-17(4-6-21(26)24-18)25-11-15-9-23-10-16(15)12-25;1-14-15(2)26-12-16(3-5-19(26)23-14)18-11-21(28)27-13-17(4-6-20(27)24-18)25-9-7-22-8-10-25;1-27-18-5-3-14(11-19(18)28-2)17-12-21(26)25-13-16(4-6-20(25)23-17)24-9-7-15(22)8-10-24;1-24-7-4-14-10-15(12-22-20(14)24)17-11-19(27)26-13-16(2-3-18(26)23-17)25-8-5-21-6-9-25;26-18-10-16(14-9-13-3-4-21-19(13)22-11-14)23-17-2-1-15(12-25(17)18)24-7-5-20-6-8-24/h3-8,13,15-16,23H,9-12H2,1-2H3;3-6,11-13,22H,7-10H2,1-2H3;3-6,11-13,15H,7-10,22H2,1-2H3;2-4,7,10-13,21H,5-6,8-9H2,1H3;1-4,9-12,20H,5-8H2,(H,21,22)/t15-,16+;;;;. The molecule has 7 N–H and O–H groups in total. The van der Waals surface area contributed by atoms with Crippen molar-refractivity contribution in [2.24, 2.45) is 24.6 Å². The Morgan fingerprint density at radius 3 is 1.13 bits per heavy atom. The van der Waals surface area contributed by atoms with E-state index >= 15 is 0 Å². The first-order valence-corrected chi connectivity index (χ1v) is 46.6. The molecule has 0 spiro atoms. The van der Waals surface area contributed by atoms with Gasteiger partial charge in [-0.15, -0.1) is 0 Å². The fraction of sp³-hybridized carbons (Fsp3) is 0.291. The molecular formula is C103H108N26O9. The third-order valence-electron chi connectivity index (χ3n) is 26.8. The molecule has 18 aromatic rings. The normalized spacial score (nSPS) is 16.2. The highest BCUT2D eigenvalue weighted by Crippen LogP contribution is 2.36. The topological polar surface area (TPSA) is 363 Å². The fourth-order valence-corrected chi connectivity index (χ4v) is 18.9. The molecule has 0 saturated carbocycles. The van der Waals surface area contributed by atoms with Crippen LogP contribution in [0.25, 0.3) is 112 Å². The molecule has 2 aromatic carbocycles. The molecule has 2 atom stereocenters. The van der Waals surface area contributed by atoms with Crippen molar-refractivity contribution in [1.29, 1.82) is 0 Å². The number of pyridine rings is 8. The van der Waals surface area contributed by atoms with E-state index in [0.29, 0.717) is 91.5 Å². The maximum Gasteiger partial charge on any atom is 0.258 e. The molecule has 35 nitrogen and oxygen atoms in total. The average molecular weight is 1850 g/mol. The number of aromatic nitrogens is 16. The largest absolute Gasteiger partial charge is 0.493 e. The molecule has 0 radical (unpaired) electrons. The Balaban J connectivity index is 0.000000106. The highest BCUT2D eigenvalue weighted by atomic mass is 16.5. The molecule has 6 fully saturated rings. The van der Waals surface area contributed by atoms with E-state index in [1.54, 1.807) is 93.2 Å². The lowest BCUT2D eigenvalue weighted by Crippen LogP contribution is -2.43. The summed E-state index contributed by atoms with van der Waals surface area (Å²) in [4.78, 5) is 115. The van der Waals surface area contributed by atoms with Crippen molar-refractivity contribution in [3.63, 3.8) is 0 Å². The van der Waals surface area contributed by atoms with E-state index in [2.05, 4.69) is 81.7 Å². The molecule has 22 heterocycles. The summed E-state index contributed by atoms with van der Waals surface area (Å²) in [5, 5.41) is 15.5. The van der Waals surface area contributed by atoms with Crippen LogP contribution in [0.2, 0.25) is 0 Å². The molecule has 0 aliphatic carbocycles. The molecule has 0 unspecified atom stereocenters. The summed E-state index contributed by atoms with van der Waals surface area (Å²) >= 11 is 0. The Morgan fingerprint density at radius 1 is 0.348 bits per heavy atom. The monoisotopic (exact) mass is 1850 g/mol. The molecule has 0 amide bonds. The van der Waals surface area contributed by atoms with Gasteiger partial charge in [0.1, 0.15) is 45.2 Å². The number of nitrogens with two attached hydrogens (primary N) is 1. The van der Waals surface area contributed by atoms with E-state index in [0.717, 1.165) is 226 Å². The number of fused-ring (bicyclic) bond motifs is 9. The number of hydrogen-bond donors (Lipinski definition) is 6. The second kappa shape index (κ2) is 39.3. The summed E-state index contributed by atoms with van der Waals surface area (Å²) in [6.45, 7) is 21.5. The van der Waals surface area contributed by atoms with Gasteiger partial charge >= 0.3 is 0 Å². The minimum Gasteiger partial charge on any atom is -0.493 e. The van der Waals surface area contributed by atoms with E-state index in [9.17, 15) is 24.0 Å². The van der Waals surface area contributed by atoms with E-state index in [-0.39, 0.29) is 33.8 Å². The number of piperidine rings is 1. The number of methoxy groups -OCH3 is 4. The minimum absolute atomic E-state index is 0.0735. The van der Waals surface area contributed by atoms with E-state index in [4.69, 9.17) is 39.6 Å². The van der Waals surface area contributed by atoms with Gasteiger partial charge in [0.25, 0.3) is 27.8 Å². The molecule has 704 valence electrons. The molecule has 16 aromatic heterocycles. The number of imidazole rings is 1. The molecule has 6 aliphatic heterocycles. The van der Waals surface area contributed by atoms with Crippen molar-refractivity contribution in [3.05, 3.63) is 289 Å². The molecule has 0 bridgehead atoms. The van der Waals surface area contributed by atoms with Crippen LogP contribution in [0.1, 0.15) is 24.2 Å². The lowest BCUT2D eigenvalue weighted by Gasteiger charge is -2.32. The number of benzene rings is 2. The minimum atomic E-state index is -0.120. The fourth-order valence-electron chi connectivity index (χ4n) is 18.9. The van der Waals surface area contributed by atoms with Gasteiger partial charge < -0.3 is 84.4 Å². The van der Waals surface area contributed by atoms with Crippen molar-refractivity contribution in [2.45, 2.75) is 32.7 Å². The van der Waals surface area contributed by atoms with Crippen LogP contribution in [0.4, 0.5) is 28.4 Å². The Morgan fingerprint density at radius 2 is 0.710 bits per heavy atom. The highest BCUT2D eigenvalue weighted by molar-refractivity contribution is 5.83. The molecule has 35 heteroatoms. The van der Waals surface area contributed by atoms with Gasteiger partial charge in [0.2, 0.25) is 0 Å². The van der Waals surface area contributed by atoms with Crippen LogP contribution in [0.15, 0.2) is 250 Å². The van der Waals surface area contributed by atoms with Crippen LogP contribution >= 0.6 is 0 Å². The van der Waals surface area contributed by atoms with Gasteiger partial charge in [-0.2, -0.15) is 0 Å². The number of nitrogens with one attached hydrogen (secondary N) is 5. The number of piperazine rings is 3. The van der Waals surface area contributed by atoms with Gasteiger partial charge in [0.05, 0.1) is 91.0 Å². The molecule has 24 rings (SSSR count). The Kier molecular flexibility index (Phi) is 25.7. The Bertz CT molecular complexity index is 7920. The Hall–Kier alpha value is -15.7. The molecular weight excluding hydrogens is 1750 g/mol. The van der Waals surface area contributed by atoms with E-state index in [1.165, 1.54) is 0 Å². The zero-order valence-corrected chi connectivity index (χ0v) is 77.9. The van der Waals surface area contributed by atoms with Gasteiger partial charge in [-0.1, -0.05) is 0 Å². The number of H-pyrrole nitrogens is 1. The van der Waals surface area contributed by atoms with Crippen molar-refractivity contribution >= 4 is 84.4 Å². The summed E-state index contributed by atoms with van der Waals surface area (Å²) in [7, 11) is 8.32. The van der Waals surface area contributed by atoms with Crippen LogP contribution < -0.4 is 98.2 Å². The number of aryl methyl sites for hydroxylation is 3. The predicted octanol–water partition coefficient (Wildman–Crippen LogP) is 9.68. The SMILES string of the molecule is COc1ccc(-c2cc(=O)n3cc(N4CCC(N)CC4)ccc3n2)cc1OC.COc1ccc(-c2cc(=O)n3cc(N4C[C@H]5CNC[C@H]5C4)ccc3n2)cc1OC.Cc1nc2ccc(-c3cc(=O)n4cc(N5CCNCC5)ccc4n3)cn2c1C.Cn1ccc2cc(-c3cc(=O)n4cc(N5CCNCC5)ccc4n3)cnc21.O=c1cc(-c2cnc3[nH]ccc3c2)nc2ccc(N3CCNCC3)cn12. The number of rotatable bonds is 14. The lowest BCUT2D eigenvalue weighted by molar-refractivity contribution is 0.355. The van der Waals surface area contributed by atoms with Crippen molar-refractivity contribution in [1.82, 2.24) is 97.1 Å². The predicted molar refractivity (Wildman–Crippen MR) is 540 cm³/mol. The van der Waals surface area contributed by atoms with Gasteiger partial charge in [-0.25, -0.2) is 39.9 Å².